The fraction of sp³-hybridized carbons (Fsp3) is 0.333. The number of hydrogen-bond acceptors (Lipinski definition) is 2. The van der Waals surface area contributed by atoms with E-state index in [1.807, 2.05) is 6.08 Å². The zero-order chi connectivity index (χ0) is 11.1. The normalized spacial score (nSPS) is 12.4. The molecular weight excluding hydrogens is 299 g/mol. The maximum atomic E-state index is 5.56. The molecule has 0 saturated carbocycles. The molecule has 0 bridgehead atoms. The minimum absolute atomic E-state index is 0.250. The number of nitrogens with two attached hydrogens (primary N) is 1. The Morgan fingerprint density at radius 3 is 2.93 bits per heavy atom. The van der Waals surface area contributed by atoms with Crippen molar-refractivity contribution in [3.63, 3.8) is 0 Å². The van der Waals surface area contributed by atoms with Crippen LogP contribution in [0.1, 0.15) is 30.9 Å². The lowest BCUT2D eigenvalue weighted by molar-refractivity contribution is 0.501. The predicted molar refractivity (Wildman–Crippen MR) is 73.3 cm³/mol. The molecular formula is C12H17IN2. The minimum atomic E-state index is 0.250. The number of allylic oxidation sites excluding steroid dienone is 1. The van der Waals surface area contributed by atoms with Gasteiger partial charge in [0.05, 0.1) is 0 Å². The summed E-state index contributed by atoms with van der Waals surface area (Å²) in [5, 5.41) is 0. The van der Waals surface area contributed by atoms with Gasteiger partial charge in [-0.15, -0.1) is 6.58 Å². The van der Waals surface area contributed by atoms with Crippen molar-refractivity contribution in [1.29, 1.82) is 0 Å². The van der Waals surface area contributed by atoms with Crippen LogP contribution in [-0.2, 0) is 0 Å². The van der Waals surface area contributed by atoms with Crippen LogP contribution in [0.25, 0.3) is 0 Å². The van der Waals surface area contributed by atoms with Crippen molar-refractivity contribution in [1.82, 2.24) is 5.43 Å². The molecule has 0 aliphatic carbocycles. The first-order valence-corrected chi connectivity index (χ1v) is 6.18. The minimum Gasteiger partial charge on any atom is -0.271 e. The Morgan fingerprint density at radius 2 is 2.33 bits per heavy atom. The van der Waals surface area contributed by atoms with E-state index in [-0.39, 0.29) is 6.04 Å². The van der Waals surface area contributed by atoms with Gasteiger partial charge < -0.3 is 0 Å². The molecule has 2 nitrogen and oxygen atoms in total. The predicted octanol–water partition coefficient (Wildman–Crippen LogP) is 3.15. The van der Waals surface area contributed by atoms with Crippen LogP contribution in [-0.4, -0.2) is 0 Å². The smallest absolute Gasteiger partial charge is 0.0460 e. The lowest BCUT2D eigenvalue weighted by Crippen LogP contribution is -2.28. The molecule has 1 rings (SSSR count). The van der Waals surface area contributed by atoms with Crippen LogP contribution in [0.5, 0.6) is 0 Å². The highest BCUT2D eigenvalue weighted by atomic mass is 127. The van der Waals surface area contributed by atoms with Gasteiger partial charge in [-0.05, 0) is 59.5 Å². The first-order chi connectivity index (χ1) is 7.27. The Bertz CT molecular complexity index is 312. The summed E-state index contributed by atoms with van der Waals surface area (Å²) in [5.74, 6) is 5.56. The fourth-order valence-corrected chi connectivity index (χ4v) is 2.10. The summed E-state index contributed by atoms with van der Waals surface area (Å²) in [7, 11) is 0. The molecule has 0 aliphatic heterocycles. The number of halogens is 1. The van der Waals surface area contributed by atoms with Gasteiger partial charge in [0, 0.05) is 9.61 Å². The van der Waals surface area contributed by atoms with Crippen LogP contribution in [0, 0.1) is 3.57 Å². The van der Waals surface area contributed by atoms with Gasteiger partial charge in [-0.3, -0.25) is 11.3 Å². The topological polar surface area (TPSA) is 38.0 Å². The zero-order valence-corrected chi connectivity index (χ0v) is 10.9. The monoisotopic (exact) mass is 316 g/mol. The van der Waals surface area contributed by atoms with Gasteiger partial charge in [0.2, 0.25) is 0 Å². The average molecular weight is 316 g/mol. The van der Waals surface area contributed by atoms with Crippen molar-refractivity contribution in [3.05, 3.63) is 46.1 Å². The van der Waals surface area contributed by atoms with Crippen LogP contribution in [0.4, 0.5) is 0 Å². The number of rotatable bonds is 6. The molecule has 3 N–H and O–H groups in total. The van der Waals surface area contributed by atoms with Crippen LogP contribution in [0.2, 0.25) is 0 Å². The molecule has 0 aliphatic rings. The molecule has 15 heavy (non-hydrogen) atoms. The third-order valence-electron chi connectivity index (χ3n) is 2.35. The lowest BCUT2D eigenvalue weighted by atomic mass is 10.0. The SMILES string of the molecule is C=CCCCC(NN)c1cccc(I)c1. The van der Waals surface area contributed by atoms with Gasteiger partial charge in [0.15, 0.2) is 0 Å². The number of unbranched alkanes of at least 4 members (excludes halogenated alkanes) is 1. The summed E-state index contributed by atoms with van der Waals surface area (Å²) in [5.41, 5.74) is 4.12. The van der Waals surface area contributed by atoms with E-state index in [4.69, 9.17) is 5.84 Å². The lowest BCUT2D eigenvalue weighted by Gasteiger charge is -2.16. The van der Waals surface area contributed by atoms with Crippen molar-refractivity contribution in [2.24, 2.45) is 5.84 Å². The quantitative estimate of drug-likeness (QED) is 0.278. The van der Waals surface area contributed by atoms with Crippen molar-refractivity contribution in [2.75, 3.05) is 0 Å². The van der Waals surface area contributed by atoms with E-state index in [1.165, 1.54) is 9.13 Å². The number of hydrogen-bond donors (Lipinski definition) is 2. The Labute approximate surface area is 105 Å². The molecule has 0 aromatic heterocycles. The van der Waals surface area contributed by atoms with E-state index in [0.717, 1.165) is 19.3 Å². The molecule has 1 unspecified atom stereocenters. The zero-order valence-electron chi connectivity index (χ0n) is 8.75. The Hall–Kier alpha value is -0.390. The maximum Gasteiger partial charge on any atom is 0.0460 e. The van der Waals surface area contributed by atoms with Gasteiger partial charge in [0.25, 0.3) is 0 Å². The van der Waals surface area contributed by atoms with Gasteiger partial charge in [-0.2, -0.15) is 0 Å². The summed E-state index contributed by atoms with van der Waals surface area (Å²) >= 11 is 2.32. The molecule has 0 radical (unpaired) electrons. The first-order valence-electron chi connectivity index (χ1n) is 5.10. The Morgan fingerprint density at radius 1 is 1.53 bits per heavy atom. The molecule has 0 heterocycles. The molecule has 0 spiro atoms. The van der Waals surface area contributed by atoms with E-state index in [2.05, 4.69) is 58.9 Å². The van der Waals surface area contributed by atoms with E-state index < -0.39 is 0 Å². The standard InChI is InChI=1S/C12H17IN2/c1-2-3-4-8-12(15-14)10-6-5-7-11(13)9-10/h2,5-7,9,12,15H,1,3-4,8,14H2. The van der Waals surface area contributed by atoms with Gasteiger partial charge >= 0.3 is 0 Å². The molecule has 0 amide bonds. The second-order valence-corrected chi connectivity index (χ2v) is 4.74. The van der Waals surface area contributed by atoms with Crippen LogP contribution in [0.15, 0.2) is 36.9 Å². The summed E-state index contributed by atoms with van der Waals surface area (Å²) in [4.78, 5) is 0. The largest absolute Gasteiger partial charge is 0.271 e. The number of benzene rings is 1. The molecule has 82 valence electrons. The van der Waals surface area contributed by atoms with Crippen molar-refractivity contribution in [2.45, 2.75) is 25.3 Å². The van der Waals surface area contributed by atoms with Crippen molar-refractivity contribution < 1.29 is 0 Å². The highest BCUT2D eigenvalue weighted by Crippen LogP contribution is 2.20. The van der Waals surface area contributed by atoms with E-state index in [9.17, 15) is 0 Å². The van der Waals surface area contributed by atoms with Crippen molar-refractivity contribution in [3.8, 4) is 0 Å². The Kier molecular flexibility index (Phi) is 5.90. The molecule has 3 heteroatoms. The summed E-state index contributed by atoms with van der Waals surface area (Å²) in [6, 6.07) is 8.68. The third-order valence-corrected chi connectivity index (χ3v) is 3.02. The molecule has 0 fully saturated rings. The van der Waals surface area contributed by atoms with Gasteiger partial charge in [-0.1, -0.05) is 18.2 Å². The molecule has 1 aromatic rings. The second-order valence-electron chi connectivity index (χ2n) is 3.49. The average Bonchev–Trinajstić information content (AvgIpc) is 2.24. The van der Waals surface area contributed by atoms with Gasteiger partial charge in [0.1, 0.15) is 0 Å². The Balaban J connectivity index is 2.61. The fourth-order valence-electron chi connectivity index (χ4n) is 1.54. The second kappa shape index (κ2) is 6.98. The molecule has 1 aromatic carbocycles. The van der Waals surface area contributed by atoms with E-state index in [0.29, 0.717) is 0 Å². The van der Waals surface area contributed by atoms with Crippen LogP contribution < -0.4 is 11.3 Å². The number of nitrogens with one attached hydrogen (secondary N) is 1. The first kappa shape index (κ1) is 12.7. The summed E-state index contributed by atoms with van der Waals surface area (Å²) in [6.07, 6.45) is 5.15. The van der Waals surface area contributed by atoms with E-state index in [1.54, 1.807) is 0 Å². The summed E-state index contributed by atoms with van der Waals surface area (Å²) in [6.45, 7) is 3.72. The maximum absolute atomic E-state index is 5.56. The highest BCUT2D eigenvalue weighted by Gasteiger charge is 2.08. The van der Waals surface area contributed by atoms with E-state index >= 15 is 0 Å². The highest BCUT2D eigenvalue weighted by molar-refractivity contribution is 14.1. The summed E-state index contributed by atoms with van der Waals surface area (Å²) < 4.78 is 1.24. The third kappa shape index (κ3) is 4.32. The van der Waals surface area contributed by atoms with Crippen molar-refractivity contribution >= 4 is 22.6 Å². The molecule has 0 saturated heterocycles. The van der Waals surface area contributed by atoms with Crippen LogP contribution in [0.3, 0.4) is 0 Å². The molecule has 1 atom stereocenters. The van der Waals surface area contributed by atoms with Crippen LogP contribution >= 0.6 is 22.6 Å². The van der Waals surface area contributed by atoms with Gasteiger partial charge in [-0.25, -0.2) is 0 Å². The number of hydrazine groups is 1.